The molecule has 0 aromatic heterocycles. The predicted octanol–water partition coefficient (Wildman–Crippen LogP) is 1.86. The van der Waals surface area contributed by atoms with Crippen LogP contribution < -0.4 is 4.90 Å². The third kappa shape index (κ3) is 2.55. The summed E-state index contributed by atoms with van der Waals surface area (Å²) in [6.07, 6.45) is 1.40. The van der Waals surface area contributed by atoms with Crippen molar-refractivity contribution in [3.05, 3.63) is 33.9 Å². The monoisotopic (exact) mass is 236 g/mol. The molecule has 5 nitrogen and oxygen atoms in total. The van der Waals surface area contributed by atoms with E-state index in [0.717, 1.165) is 25.1 Å². The molecule has 1 atom stereocenters. The highest BCUT2D eigenvalue weighted by Gasteiger charge is 2.20. The van der Waals surface area contributed by atoms with Crippen molar-refractivity contribution in [2.75, 3.05) is 18.0 Å². The van der Waals surface area contributed by atoms with E-state index in [2.05, 4.69) is 0 Å². The number of aryl methyl sites for hydroxylation is 1. The van der Waals surface area contributed by atoms with Crippen LogP contribution in [-0.2, 0) is 0 Å². The number of benzene rings is 1. The van der Waals surface area contributed by atoms with E-state index in [-0.39, 0.29) is 16.7 Å². The molecular formula is C12H16N2O3. The second-order valence-corrected chi connectivity index (χ2v) is 4.47. The first kappa shape index (κ1) is 11.9. The quantitative estimate of drug-likeness (QED) is 0.628. The van der Waals surface area contributed by atoms with Gasteiger partial charge in [0.05, 0.1) is 11.0 Å². The van der Waals surface area contributed by atoms with Crippen LogP contribution in [0.3, 0.4) is 0 Å². The maximum atomic E-state index is 10.9. The lowest BCUT2D eigenvalue weighted by molar-refractivity contribution is -0.385. The summed E-state index contributed by atoms with van der Waals surface area (Å²) in [6.45, 7) is 3.13. The summed E-state index contributed by atoms with van der Waals surface area (Å²) in [5.74, 6) is 0. The van der Waals surface area contributed by atoms with Crippen LogP contribution in [0.4, 0.5) is 11.4 Å². The van der Waals surface area contributed by atoms with E-state index < -0.39 is 0 Å². The highest BCUT2D eigenvalue weighted by atomic mass is 16.6. The van der Waals surface area contributed by atoms with Crippen molar-refractivity contribution in [3.8, 4) is 0 Å². The number of rotatable bonds is 2. The van der Waals surface area contributed by atoms with Crippen LogP contribution in [0.25, 0.3) is 0 Å². The maximum absolute atomic E-state index is 10.9. The van der Waals surface area contributed by atoms with Gasteiger partial charge in [0.15, 0.2) is 0 Å². The van der Waals surface area contributed by atoms with Crippen LogP contribution in [0.5, 0.6) is 0 Å². The topological polar surface area (TPSA) is 66.6 Å². The molecule has 1 N–H and O–H groups in total. The number of aliphatic hydroxyl groups is 1. The molecule has 0 unspecified atom stereocenters. The zero-order valence-corrected chi connectivity index (χ0v) is 9.80. The van der Waals surface area contributed by atoms with Gasteiger partial charge in [-0.15, -0.1) is 0 Å². The van der Waals surface area contributed by atoms with Gasteiger partial charge in [-0.05, 0) is 25.8 Å². The minimum Gasteiger partial charge on any atom is -0.391 e. The highest BCUT2D eigenvalue weighted by Crippen LogP contribution is 2.27. The van der Waals surface area contributed by atoms with Crippen LogP contribution in [0.1, 0.15) is 18.4 Å². The fourth-order valence-corrected chi connectivity index (χ4v) is 2.18. The summed E-state index contributed by atoms with van der Waals surface area (Å²) in [7, 11) is 0. The Morgan fingerprint density at radius 2 is 2.29 bits per heavy atom. The standard InChI is InChI=1S/C12H16N2O3/c1-9-4-5-10(7-12(9)14(16)17)13-6-2-3-11(15)8-13/h4-5,7,11,15H,2-3,6,8H2,1H3/t11-/m0/s1. The fourth-order valence-electron chi connectivity index (χ4n) is 2.18. The number of nitrogens with zero attached hydrogens (tertiary/aromatic N) is 2. The van der Waals surface area contributed by atoms with Crippen LogP contribution in [0.2, 0.25) is 0 Å². The molecule has 1 fully saturated rings. The lowest BCUT2D eigenvalue weighted by atomic mass is 10.1. The number of anilines is 1. The van der Waals surface area contributed by atoms with E-state index in [9.17, 15) is 15.2 Å². The lowest BCUT2D eigenvalue weighted by Crippen LogP contribution is -2.38. The average molecular weight is 236 g/mol. The Morgan fingerprint density at radius 3 is 2.94 bits per heavy atom. The SMILES string of the molecule is Cc1ccc(N2CCC[C@H](O)C2)cc1[N+](=O)[O-]. The van der Waals surface area contributed by atoms with Gasteiger partial charge >= 0.3 is 0 Å². The Balaban J connectivity index is 2.26. The van der Waals surface area contributed by atoms with Crippen molar-refractivity contribution in [2.45, 2.75) is 25.9 Å². The summed E-state index contributed by atoms with van der Waals surface area (Å²) in [5, 5.41) is 20.5. The molecular weight excluding hydrogens is 220 g/mol. The fraction of sp³-hybridized carbons (Fsp3) is 0.500. The smallest absolute Gasteiger partial charge is 0.274 e. The number of β-amino-alcohol motifs (C(OH)–C–C–N with tert-alkyl or cyclic N) is 1. The molecule has 1 aliphatic rings. The minimum absolute atomic E-state index is 0.141. The molecule has 92 valence electrons. The summed E-state index contributed by atoms with van der Waals surface area (Å²) in [5.41, 5.74) is 1.62. The van der Waals surface area contributed by atoms with Crippen molar-refractivity contribution in [2.24, 2.45) is 0 Å². The summed E-state index contributed by atoms with van der Waals surface area (Å²) in [6, 6.07) is 5.22. The van der Waals surface area contributed by atoms with Gasteiger partial charge in [0, 0.05) is 30.4 Å². The molecule has 17 heavy (non-hydrogen) atoms. The third-order valence-corrected chi connectivity index (χ3v) is 3.15. The van der Waals surface area contributed by atoms with Crippen LogP contribution in [-0.4, -0.2) is 29.2 Å². The second kappa shape index (κ2) is 4.71. The maximum Gasteiger partial charge on any atom is 0.274 e. The van der Waals surface area contributed by atoms with Gasteiger partial charge in [-0.3, -0.25) is 10.1 Å². The van der Waals surface area contributed by atoms with Crippen LogP contribution >= 0.6 is 0 Å². The normalized spacial score (nSPS) is 20.4. The van der Waals surface area contributed by atoms with Crippen molar-refractivity contribution in [1.82, 2.24) is 0 Å². The molecule has 1 aliphatic heterocycles. The van der Waals surface area contributed by atoms with Gasteiger partial charge in [-0.1, -0.05) is 6.07 Å². The molecule has 0 bridgehead atoms. The first-order chi connectivity index (χ1) is 8.08. The van der Waals surface area contributed by atoms with Gasteiger partial charge in [0.2, 0.25) is 0 Å². The number of nitro benzene ring substituents is 1. The van der Waals surface area contributed by atoms with Gasteiger partial charge in [-0.25, -0.2) is 0 Å². The van der Waals surface area contributed by atoms with Gasteiger partial charge in [0.1, 0.15) is 0 Å². The van der Waals surface area contributed by atoms with Crippen molar-refractivity contribution in [3.63, 3.8) is 0 Å². The molecule has 0 amide bonds. The molecule has 0 spiro atoms. The molecule has 0 saturated carbocycles. The van der Waals surface area contributed by atoms with E-state index in [0.29, 0.717) is 12.1 Å². The second-order valence-electron chi connectivity index (χ2n) is 4.47. The summed E-state index contributed by atoms with van der Waals surface area (Å²) >= 11 is 0. The van der Waals surface area contributed by atoms with E-state index in [1.165, 1.54) is 0 Å². The summed E-state index contributed by atoms with van der Waals surface area (Å²) in [4.78, 5) is 12.5. The number of nitro groups is 1. The Labute approximate surface area is 99.8 Å². The van der Waals surface area contributed by atoms with Crippen LogP contribution in [0.15, 0.2) is 18.2 Å². The van der Waals surface area contributed by atoms with Gasteiger partial charge in [0.25, 0.3) is 5.69 Å². The first-order valence-corrected chi connectivity index (χ1v) is 5.76. The number of hydrogen-bond donors (Lipinski definition) is 1. The number of piperidine rings is 1. The lowest BCUT2D eigenvalue weighted by Gasteiger charge is -2.31. The first-order valence-electron chi connectivity index (χ1n) is 5.76. The minimum atomic E-state index is -0.362. The molecule has 0 radical (unpaired) electrons. The van der Waals surface area contributed by atoms with Crippen molar-refractivity contribution in [1.29, 1.82) is 0 Å². The average Bonchev–Trinajstić information content (AvgIpc) is 2.29. The Kier molecular flexibility index (Phi) is 3.28. The Morgan fingerprint density at radius 1 is 1.53 bits per heavy atom. The van der Waals surface area contributed by atoms with Crippen LogP contribution in [0, 0.1) is 17.0 Å². The number of hydrogen-bond acceptors (Lipinski definition) is 4. The molecule has 2 rings (SSSR count). The highest BCUT2D eigenvalue weighted by molar-refractivity contribution is 5.56. The molecule has 1 saturated heterocycles. The zero-order chi connectivity index (χ0) is 12.4. The Hall–Kier alpha value is -1.62. The molecule has 1 heterocycles. The predicted molar refractivity (Wildman–Crippen MR) is 65.3 cm³/mol. The van der Waals surface area contributed by atoms with Gasteiger partial charge < -0.3 is 10.0 Å². The molecule has 0 aliphatic carbocycles. The van der Waals surface area contributed by atoms with Crippen molar-refractivity contribution >= 4 is 11.4 Å². The Bertz CT molecular complexity index is 434. The molecule has 5 heteroatoms. The largest absolute Gasteiger partial charge is 0.391 e. The zero-order valence-electron chi connectivity index (χ0n) is 9.80. The van der Waals surface area contributed by atoms with E-state index in [1.54, 1.807) is 19.1 Å². The van der Waals surface area contributed by atoms with Crippen molar-refractivity contribution < 1.29 is 10.0 Å². The third-order valence-electron chi connectivity index (χ3n) is 3.15. The number of aliphatic hydroxyl groups excluding tert-OH is 1. The molecule has 1 aromatic carbocycles. The van der Waals surface area contributed by atoms with Gasteiger partial charge in [-0.2, -0.15) is 0 Å². The van der Waals surface area contributed by atoms with E-state index in [4.69, 9.17) is 0 Å². The van der Waals surface area contributed by atoms with E-state index in [1.807, 2.05) is 11.0 Å². The molecule has 1 aromatic rings. The van der Waals surface area contributed by atoms with E-state index >= 15 is 0 Å². The summed E-state index contributed by atoms with van der Waals surface area (Å²) < 4.78 is 0.